The van der Waals surface area contributed by atoms with Gasteiger partial charge in [-0.15, -0.1) is 0 Å². The molecule has 0 spiro atoms. The molecule has 2 unspecified atom stereocenters. The predicted molar refractivity (Wildman–Crippen MR) is 118 cm³/mol. The summed E-state index contributed by atoms with van der Waals surface area (Å²) in [6, 6.07) is 14.4. The number of aromatic nitrogens is 2. The van der Waals surface area contributed by atoms with Crippen molar-refractivity contribution in [3.63, 3.8) is 0 Å². The third-order valence-corrected chi connectivity index (χ3v) is 5.58. The maximum Gasteiger partial charge on any atom is 0.437 e. The molecule has 2 N–H and O–H groups in total. The Morgan fingerprint density at radius 2 is 1.94 bits per heavy atom. The molecule has 1 amide bonds. The van der Waals surface area contributed by atoms with Crippen LogP contribution < -0.4 is 21.1 Å². The van der Waals surface area contributed by atoms with E-state index >= 15 is 0 Å². The molecule has 4 rings (SSSR count). The number of hydrazine groups is 1. The van der Waals surface area contributed by atoms with Gasteiger partial charge in [0.15, 0.2) is 5.69 Å². The Balaban J connectivity index is 1.67. The normalized spacial score (nSPS) is 18.0. The number of nitrogens with zero attached hydrogens (tertiary/aromatic N) is 3. The second-order valence-electron chi connectivity index (χ2n) is 7.80. The molecular formula is C23H17ClF3N5O3. The third-order valence-electron chi connectivity index (χ3n) is 5.36. The predicted octanol–water partition coefficient (Wildman–Crippen LogP) is 3.96. The molecule has 2 aromatic carbocycles. The van der Waals surface area contributed by atoms with E-state index in [4.69, 9.17) is 21.6 Å². The summed E-state index contributed by atoms with van der Waals surface area (Å²) in [4.78, 5) is 28.9. The lowest BCUT2D eigenvalue weighted by Gasteiger charge is -2.30. The largest absolute Gasteiger partial charge is 0.449 e. The zero-order chi connectivity index (χ0) is 25.2. The molecule has 0 radical (unpaired) electrons. The van der Waals surface area contributed by atoms with Crippen LogP contribution in [0.25, 0.3) is 0 Å². The van der Waals surface area contributed by atoms with Crippen molar-refractivity contribution >= 4 is 17.5 Å². The zero-order valence-corrected chi connectivity index (χ0v) is 18.6. The van der Waals surface area contributed by atoms with E-state index in [2.05, 4.69) is 15.8 Å². The number of carbonyl (C=O) groups excluding carboxylic acids is 1. The van der Waals surface area contributed by atoms with Crippen molar-refractivity contribution in [3.05, 3.63) is 87.1 Å². The molecule has 2 atom stereocenters. The minimum absolute atomic E-state index is 0.0311. The minimum Gasteiger partial charge on any atom is -0.449 e. The van der Waals surface area contributed by atoms with Crippen LogP contribution in [0.5, 0.6) is 11.5 Å². The van der Waals surface area contributed by atoms with Gasteiger partial charge in [-0.05, 0) is 30.2 Å². The molecule has 3 aromatic rings. The van der Waals surface area contributed by atoms with E-state index < -0.39 is 35.0 Å². The first-order valence-electron chi connectivity index (χ1n) is 10.3. The fraction of sp³-hybridized carbons (Fsp3) is 0.217. The summed E-state index contributed by atoms with van der Waals surface area (Å²) in [5.41, 5.74) is 3.70. The van der Waals surface area contributed by atoms with E-state index in [1.165, 1.54) is 12.1 Å². The van der Waals surface area contributed by atoms with E-state index in [1.54, 1.807) is 6.07 Å². The molecule has 1 aromatic heterocycles. The number of nitriles is 1. The average molecular weight is 504 g/mol. The van der Waals surface area contributed by atoms with Gasteiger partial charge < -0.3 is 4.74 Å². The highest BCUT2D eigenvalue weighted by atomic mass is 35.5. The minimum atomic E-state index is -4.99. The maximum atomic E-state index is 13.6. The van der Waals surface area contributed by atoms with Crippen molar-refractivity contribution in [2.24, 2.45) is 5.92 Å². The van der Waals surface area contributed by atoms with Crippen LogP contribution in [-0.4, -0.2) is 15.5 Å². The number of carbonyl (C=O) groups is 1. The summed E-state index contributed by atoms with van der Waals surface area (Å²) in [7, 11) is 0. The lowest BCUT2D eigenvalue weighted by molar-refractivity contribution is -0.142. The molecule has 1 saturated heterocycles. The quantitative estimate of drug-likeness (QED) is 0.545. The van der Waals surface area contributed by atoms with E-state index in [0.29, 0.717) is 6.42 Å². The Kier molecular flexibility index (Phi) is 6.77. The summed E-state index contributed by atoms with van der Waals surface area (Å²) in [6.07, 6.45) is -3.96. The zero-order valence-electron chi connectivity index (χ0n) is 17.8. The second kappa shape index (κ2) is 9.77. The van der Waals surface area contributed by atoms with Crippen LogP contribution in [0, 0.1) is 17.2 Å². The number of benzene rings is 2. The Labute approximate surface area is 201 Å². The van der Waals surface area contributed by atoms with Crippen LogP contribution in [0.1, 0.15) is 29.3 Å². The molecule has 1 aliphatic heterocycles. The Morgan fingerprint density at radius 3 is 2.63 bits per heavy atom. The molecule has 180 valence electrons. The SMILES string of the molecule is N#Cc1cc(Cl)cc(Oc2c(C(F)(F)F)ncn(CC3CC(c4ccccc4)NNC3=O)c2=O)c1. The van der Waals surface area contributed by atoms with Gasteiger partial charge in [0.1, 0.15) is 5.75 Å². The van der Waals surface area contributed by atoms with Gasteiger partial charge in [-0.3, -0.25) is 19.6 Å². The molecule has 8 nitrogen and oxygen atoms in total. The lowest BCUT2D eigenvalue weighted by atomic mass is 9.92. The fourth-order valence-electron chi connectivity index (χ4n) is 3.71. The fourth-order valence-corrected chi connectivity index (χ4v) is 3.93. The topological polar surface area (TPSA) is 109 Å². The molecule has 35 heavy (non-hydrogen) atoms. The Bertz CT molecular complexity index is 1360. The van der Waals surface area contributed by atoms with Crippen molar-refractivity contribution in [1.29, 1.82) is 5.26 Å². The van der Waals surface area contributed by atoms with Crippen LogP contribution in [0.2, 0.25) is 5.02 Å². The van der Waals surface area contributed by atoms with Gasteiger partial charge in [0.25, 0.3) is 5.56 Å². The third kappa shape index (κ3) is 5.45. The van der Waals surface area contributed by atoms with Crippen molar-refractivity contribution in [2.45, 2.75) is 25.2 Å². The average Bonchev–Trinajstić information content (AvgIpc) is 2.82. The summed E-state index contributed by atoms with van der Waals surface area (Å²) < 4.78 is 47.0. The van der Waals surface area contributed by atoms with E-state index in [-0.39, 0.29) is 28.9 Å². The molecule has 0 aliphatic carbocycles. The number of amides is 1. The molecule has 0 saturated carbocycles. The molecule has 2 heterocycles. The number of alkyl halides is 3. The van der Waals surface area contributed by atoms with E-state index in [1.807, 2.05) is 30.3 Å². The van der Waals surface area contributed by atoms with Gasteiger partial charge in [-0.25, -0.2) is 10.4 Å². The highest BCUT2D eigenvalue weighted by Crippen LogP contribution is 2.35. The number of hydrogen-bond donors (Lipinski definition) is 2. The monoisotopic (exact) mass is 503 g/mol. The van der Waals surface area contributed by atoms with Gasteiger partial charge in [-0.2, -0.15) is 18.4 Å². The molecule has 12 heteroatoms. The number of hydrogen-bond acceptors (Lipinski definition) is 6. The Hall–Kier alpha value is -3.88. The summed E-state index contributed by atoms with van der Waals surface area (Å²) in [5, 5.41) is 9.12. The van der Waals surface area contributed by atoms with Gasteiger partial charge in [0, 0.05) is 11.6 Å². The number of rotatable bonds is 5. The number of nitrogens with one attached hydrogen (secondary N) is 2. The first-order chi connectivity index (χ1) is 16.7. The molecule has 1 fully saturated rings. The van der Waals surface area contributed by atoms with Crippen molar-refractivity contribution in [2.75, 3.05) is 0 Å². The Morgan fingerprint density at radius 1 is 1.20 bits per heavy atom. The van der Waals surface area contributed by atoms with Crippen LogP contribution in [0.15, 0.2) is 59.7 Å². The van der Waals surface area contributed by atoms with Gasteiger partial charge in [-0.1, -0.05) is 41.9 Å². The maximum absolute atomic E-state index is 13.6. The van der Waals surface area contributed by atoms with Crippen molar-refractivity contribution in [1.82, 2.24) is 20.4 Å². The second-order valence-corrected chi connectivity index (χ2v) is 8.23. The van der Waals surface area contributed by atoms with Crippen molar-refractivity contribution < 1.29 is 22.7 Å². The van der Waals surface area contributed by atoms with Crippen LogP contribution >= 0.6 is 11.6 Å². The lowest BCUT2D eigenvalue weighted by Crippen LogP contribution is -2.50. The molecule has 0 bridgehead atoms. The highest BCUT2D eigenvalue weighted by molar-refractivity contribution is 6.30. The number of halogens is 4. The van der Waals surface area contributed by atoms with Crippen LogP contribution in [0.3, 0.4) is 0 Å². The first-order valence-corrected chi connectivity index (χ1v) is 10.7. The van der Waals surface area contributed by atoms with Gasteiger partial charge >= 0.3 is 6.18 Å². The van der Waals surface area contributed by atoms with E-state index in [0.717, 1.165) is 22.5 Å². The van der Waals surface area contributed by atoms with Gasteiger partial charge in [0.2, 0.25) is 11.7 Å². The van der Waals surface area contributed by atoms with Gasteiger partial charge in [0.05, 0.1) is 29.9 Å². The first kappa shape index (κ1) is 24.3. The number of ether oxygens (including phenoxy) is 1. The standard InChI is InChI=1S/C23H17ClF3N5O3/c24-16-6-13(10-28)7-17(9-16)35-19-20(23(25,26)27)29-12-32(22(19)34)11-15-8-18(30-31-21(15)33)14-4-2-1-3-5-14/h1-7,9,12,15,18,30H,8,11H2,(H,31,33). The van der Waals surface area contributed by atoms with Crippen LogP contribution in [0.4, 0.5) is 13.2 Å². The van der Waals surface area contributed by atoms with Crippen molar-refractivity contribution in [3.8, 4) is 17.6 Å². The van der Waals surface area contributed by atoms with Crippen LogP contribution in [-0.2, 0) is 17.5 Å². The van der Waals surface area contributed by atoms with E-state index in [9.17, 15) is 22.8 Å². The highest BCUT2D eigenvalue weighted by Gasteiger charge is 2.39. The molecular weight excluding hydrogens is 487 g/mol. The smallest absolute Gasteiger partial charge is 0.437 e. The summed E-state index contributed by atoms with van der Waals surface area (Å²) in [5.74, 6) is -2.47. The summed E-state index contributed by atoms with van der Waals surface area (Å²) in [6.45, 7) is -0.226. The molecule has 1 aliphatic rings. The summed E-state index contributed by atoms with van der Waals surface area (Å²) >= 11 is 5.90.